The van der Waals surface area contributed by atoms with Gasteiger partial charge in [0.2, 0.25) is 10.1 Å². The minimum absolute atomic E-state index is 0.0713. The number of fused-ring (bicyclic) bond motifs is 1. The van der Waals surface area contributed by atoms with E-state index in [0.717, 1.165) is 22.2 Å². The summed E-state index contributed by atoms with van der Waals surface area (Å²) in [5, 5.41) is 17.3. The second-order valence-electron chi connectivity index (χ2n) is 3.45. The van der Waals surface area contributed by atoms with Crippen LogP contribution in [0.5, 0.6) is 0 Å². The number of hydrogen-bond acceptors (Lipinski definition) is 5. The Bertz CT molecular complexity index is 414. The molecular weight excluding hydrogens is 212 g/mol. The summed E-state index contributed by atoms with van der Waals surface area (Å²) >= 11 is 1.50. The van der Waals surface area contributed by atoms with Crippen LogP contribution in [0.3, 0.4) is 0 Å². The summed E-state index contributed by atoms with van der Waals surface area (Å²) in [5.74, 6) is 0. The molecule has 0 aromatic carbocycles. The van der Waals surface area contributed by atoms with Crippen LogP contribution in [-0.2, 0) is 0 Å². The van der Waals surface area contributed by atoms with Gasteiger partial charge in [-0.05, 0) is 13.3 Å². The van der Waals surface area contributed by atoms with Gasteiger partial charge in [0.25, 0.3) is 0 Å². The lowest BCUT2D eigenvalue weighted by molar-refractivity contribution is 0.271. The number of aliphatic hydroxyl groups is 1. The van der Waals surface area contributed by atoms with Gasteiger partial charge in [0.05, 0.1) is 24.5 Å². The van der Waals surface area contributed by atoms with Crippen molar-refractivity contribution in [3.05, 3.63) is 11.9 Å². The maximum absolute atomic E-state index is 9.05. The van der Waals surface area contributed by atoms with Crippen molar-refractivity contribution in [2.75, 3.05) is 11.9 Å². The molecule has 2 rings (SSSR count). The molecule has 0 aliphatic heterocycles. The van der Waals surface area contributed by atoms with Crippen LogP contribution >= 0.6 is 11.3 Å². The summed E-state index contributed by atoms with van der Waals surface area (Å²) < 4.78 is 1.76. The molecule has 6 heteroatoms. The molecule has 2 aromatic heterocycles. The maximum Gasteiger partial charge on any atom is 0.214 e. The van der Waals surface area contributed by atoms with Crippen molar-refractivity contribution in [2.45, 2.75) is 26.3 Å². The van der Waals surface area contributed by atoms with E-state index in [1.807, 2.05) is 20.0 Å². The average molecular weight is 226 g/mol. The van der Waals surface area contributed by atoms with Crippen LogP contribution in [0, 0.1) is 6.92 Å². The van der Waals surface area contributed by atoms with E-state index < -0.39 is 0 Å². The number of aryl methyl sites for hydroxylation is 1. The zero-order chi connectivity index (χ0) is 10.8. The molecule has 0 radical (unpaired) electrons. The first kappa shape index (κ1) is 10.4. The lowest BCUT2D eigenvalue weighted by Gasteiger charge is -2.11. The summed E-state index contributed by atoms with van der Waals surface area (Å²) in [6.45, 7) is 4.09. The Hall–Kier alpha value is -1.14. The minimum Gasteiger partial charge on any atom is -0.394 e. The Morgan fingerprint density at radius 1 is 1.67 bits per heavy atom. The highest BCUT2D eigenvalue weighted by Crippen LogP contribution is 2.19. The van der Waals surface area contributed by atoms with Crippen LogP contribution in [0.25, 0.3) is 4.96 Å². The van der Waals surface area contributed by atoms with E-state index in [1.54, 1.807) is 4.52 Å². The van der Waals surface area contributed by atoms with Crippen molar-refractivity contribution in [3.8, 4) is 0 Å². The fourth-order valence-electron chi connectivity index (χ4n) is 1.32. The molecule has 0 fully saturated rings. The van der Waals surface area contributed by atoms with Crippen molar-refractivity contribution in [3.63, 3.8) is 0 Å². The largest absolute Gasteiger partial charge is 0.394 e. The van der Waals surface area contributed by atoms with Gasteiger partial charge >= 0.3 is 0 Å². The van der Waals surface area contributed by atoms with Gasteiger partial charge in [-0.25, -0.2) is 9.50 Å². The van der Waals surface area contributed by atoms with Gasteiger partial charge in [-0.3, -0.25) is 0 Å². The van der Waals surface area contributed by atoms with Gasteiger partial charge in [-0.2, -0.15) is 0 Å². The molecule has 15 heavy (non-hydrogen) atoms. The summed E-state index contributed by atoms with van der Waals surface area (Å²) in [5.41, 5.74) is 0.967. The van der Waals surface area contributed by atoms with Crippen LogP contribution in [-0.4, -0.2) is 32.4 Å². The van der Waals surface area contributed by atoms with Crippen molar-refractivity contribution >= 4 is 21.4 Å². The fraction of sp³-hybridized carbons (Fsp3) is 0.556. The van der Waals surface area contributed by atoms with Crippen LogP contribution in [0.1, 0.15) is 19.0 Å². The van der Waals surface area contributed by atoms with E-state index in [0.29, 0.717) is 0 Å². The molecule has 1 unspecified atom stereocenters. The van der Waals surface area contributed by atoms with Crippen LogP contribution in [0.2, 0.25) is 0 Å². The summed E-state index contributed by atoms with van der Waals surface area (Å²) in [7, 11) is 0. The molecule has 0 aliphatic carbocycles. The minimum atomic E-state index is 0.0713. The van der Waals surface area contributed by atoms with Gasteiger partial charge in [-0.1, -0.05) is 18.3 Å². The first-order chi connectivity index (χ1) is 7.22. The van der Waals surface area contributed by atoms with Crippen LogP contribution < -0.4 is 5.32 Å². The maximum atomic E-state index is 9.05. The third-order valence-electron chi connectivity index (χ3n) is 2.20. The molecule has 82 valence electrons. The number of aromatic nitrogens is 3. The number of hydrogen-bond donors (Lipinski definition) is 2. The predicted octanol–water partition coefficient (Wildman–Crippen LogP) is 1.28. The smallest absolute Gasteiger partial charge is 0.214 e. The second-order valence-corrected chi connectivity index (χ2v) is 4.40. The molecule has 2 N–H and O–H groups in total. The van der Waals surface area contributed by atoms with E-state index in [-0.39, 0.29) is 12.6 Å². The van der Waals surface area contributed by atoms with Gasteiger partial charge in [0, 0.05) is 0 Å². The molecule has 0 spiro atoms. The number of aliphatic hydroxyl groups excluding tert-OH is 1. The van der Waals surface area contributed by atoms with Crippen molar-refractivity contribution in [1.29, 1.82) is 0 Å². The number of imidazole rings is 1. The molecule has 0 saturated carbocycles. The van der Waals surface area contributed by atoms with E-state index in [4.69, 9.17) is 5.11 Å². The van der Waals surface area contributed by atoms with Gasteiger partial charge < -0.3 is 10.4 Å². The Kier molecular flexibility index (Phi) is 2.88. The highest BCUT2D eigenvalue weighted by atomic mass is 32.1. The first-order valence-corrected chi connectivity index (χ1v) is 5.74. The number of rotatable bonds is 4. The summed E-state index contributed by atoms with van der Waals surface area (Å²) in [6.07, 6.45) is 2.76. The SMILES string of the molecule is CCC(CO)Nc1nn2cc(C)nc2s1. The van der Waals surface area contributed by atoms with Crippen LogP contribution in [0.4, 0.5) is 5.13 Å². The fourth-order valence-corrected chi connectivity index (χ4v) is 2.22. The lowest BCUT2D eigenvalue weighted by Crippen LogP contribution is -2.22. The third-order valence-corrected chi connectivity index (χ3v) is 3.06. The van der Waals surface area contributed by atoms with Crippen LogP contribution in [0.15, 0.2) is 6.20 Å². The van der Waals surface area contributed by atoms with Gasteiger partial charge in [0.15, 0.2) is 0 Å². The highest BCUT2D eigenvalue weighted by Gasteiger charge is 2.09. The molecule has 1 atom stereocenters. The Balaban J connectivity index is 2.18. The zero-order valence-corrected chi connectivity index (χ0v) is 9.58. The Labute approximate surface area is 91.8 Å². The number of nitrogens with zero attached hydrogens (tertiary/aromatic N) is 3. The zero-order valence-electron chi connectivity index (χ0n) is 8.77. The lowest BCUT2D eigenvalue weighted by atomic mass is 10.2. The quantitative estimate of drug-likeness (QED) is 0.824. The molecule has 0 amide bonds. The number of nitrogens with one attached hydrogen (secondary N) is 1. The summed E-state index contributed by atoms with van der Waals surface area (Å²) in [6, 6.07) is 0.0713. The topological polar surface area (TPSA) is 62.5 Å². The number of anilines is 1. The van der Waals surface area contributed by atoms with Crippen molar-refractivity contribution in [2.24, 2.45) is 0 Å². The molecule has 0 saturated heterocycles. The first-order valence-electron chi connectivity index (χ1n) is 4.93. The monoisotopic (exact) mass is 226 g/mol. The van der Waals surface area contributed by atoms with Gasteiger partial charge in [0.1, 0.15) is 0 Å². The second kappa shape index (κ2) is 4.16. The highest BCUT2D eigenvalue weighted by molar-refractivity contribution is 7.20. The third kappa shape index (κ3) is 2.10. The Morgan fingerprint density at radius 3 is 3.07 bits per heavy atom. The predicted molar refractivity (Wildman–Crippen MR) is 60.4 cm³/mol. The normalized spacial score (nSPS) is 13.3. The van der Waals surface area contributed by atoms with E-state index in [1.165, 1.54) is 11.3 Å². The average Bonchev–Trinajstić information content (AvgIpc) is 2.70. The molecule has 0 bridgehead atoms. The van der Waals surface area contributed by atoms with Crippen molar-refractivity contribution < 1.29 is 5.11 Å². The molecule has 2 heterocycles. The molecule has 0 aliphatic rings. The molecular formula is C9H14N4OS. The van der Waals surface area contributed by atoms with E-state index >= 15 is 0 Å². The van der Waals surface area contributed by atoms with Crippen molar-refractivity contribution in [1.82, 2.24) is 14.6 Å². The van der Waals surface area contributed by atoms with Gasteiger partial charge in [-0.15, -0.1) is 5.10 Å². The molecule has 2 aromatic rings. The standard InChI is InChI=1S/C9H14N4OS/c1-3-7(5-14)11-8-12-13-4-6(2)10-9(13)15-8/h4,7,14H,3,5H2,1-2H3,(H,11,12). The Morgan fingerprint density at radius 2 is 2.47 bits per heavy atom. The van der Waals surface area contributed by atoms with E-state index in [2.05, 4.69) is 15.4 Å². The van der Waals surface area contributed by atoms with E-state index in [9.17, 15) is 0 Å². The molecule has 5 nitrogen and oxygen atoms in total. The summed E-state index contributed by atoms with van der Waals surface area (Å²) in [4.78, 5) is 5.19.